The molecule has 1 heterocycles. The fraction of sp³-hybridized carbons (Fsp3) is 0.733. The second kappa shape index (κ2) is 5.56. The molecule has 112 valence electrons. The average Bonchev–Trinajstić information content (AvgIpc) is 2.38. The van der Waals surface area contributed by atoms with Crippen molar-refractivity contribution in [2.75, 3.05) is 17.2 Å². The first-order valence-electron chi connectivity index (χ1n) is 7.42. The number of hydrogen-bond acceptors (Lipinski definition) is 5. The summed E-state index contributed by atoms with van der Waals surface area (Å²) in [6.07, 6.45) is 0.532. The summed E-state index contributed by atoms with van der Waals surface area (Å²) in [4.78, 5) is 9.10. The molecule has 1 fully saturated rings. The standard InChI is InChI=1S/C15H26N4O/c1-6-16-12-8-13(19-14(18-12)9(2)3)17-10-7-11(20)15(10,4)5/h8-11,20H,6-7H2,1-5H3,(H2,16,17,18,19). The second-order valence-corrected chi connectivity index (χ2v) is 6.45. The van der Waals surface area contributed by atoms with E-state index in [1.54, 1.807) is 0 Å². The fourth-order valence-electron chi connectivity index (χ4n) is 2.40. The van der Waals surface area contributed by atoms with Crippen molar-refractivity contribution >= 4 is 11.6 Å². The van der Waals surface area contributed by atoms with E-state index in [0.29, 0.717) is 0 Å². The topological polar surface area (TPSA) is 70.1 Å². The third-order valence-corrected chi connectivity index (χ3v) is 4.16. The molecule has 5 nitrogen and oxygen atoms in total. The van der Waals surface area contributed by atoms with Gasteiger partial charge in [-0.15, -0.1) is 0 Å². The van der Waals surface area contributed by atoms with E-state index in [1.807, 2.05) is 6.07 Å². The van der Waals surface area contributed by atoms with Crippen LogP contribution in [0, 0.1) is 5.41 Å². The average molecular weight is 278 g/mol. The normalized spacial score (nSPS) is 24.4. The SMILES string of the molecule is CCNc1cc(NC2CC(O)C2(C)C)nc(C(C)C)n1. The Morgan fingerprint density at radius 2 is 2.00 bits per heavy atom. The highest BCUT2D eigenvalue weighted by atomic mass is 16.3. The van der Waals surface area contributed by atoms with Crippen LogP contribution in [0.1, 0.15) is 52.8 Å². The van der Waals surface area contributed by atoms with E-state index in [1.165, 1.54) is 0 Å². The van der Waals surface area contributed by atoms with Crippen molar-refractivity contribution in [2.45, 2.75) is 59.1 Å². The van der Waals surface area contributed by atoms with E-state index in [-0.39, 0.29) is 23.5 Å². The molecule has 1 aromatic rings. The molecule has 0 bridgehead atoms. The summed E-state index contributed by atoms with van der Waals surface area (Å²) in [6.45, 7) is 11.2. The monoisotopic (exact) mass is 278 g/mol. The van der Waals surface area contributed by atoms with Crippen LogP contribution in [-0.4, -0.2) is 33.8 Å². The van der Waals surface area contributed by atoms with Crippen LogP contribution < -0.4 is 10.6 Å². The Kier molecular flexibility index (Phi) is 4.18. The summed E-state index contributed by atoms with van der Waals surface area (Å²) in [7, 11) is 0. The molecule has 5 heteroatoms. The number of aromatic nitrogens is 2. The molecule has 1 aromatic heterocycles. The number of hydrogen-bond donors (Lipinski definition) is 3. The zero-order valence-corrected chi connectivity index (χ0v) is 13.1. The Balaban J connectivity index is 2.18. The Hall–Kier alpha value is -1.36. The highest BCUT2D eigenvalue weighted by Crippen LogP contribution is 2.42. The molecule has 1 saturated carbocycles. The first-order valence-corrected chi connectivity index (χ1v) is 7.42. The van der Waals surface area contributed by atoms with Crippen LogP contribution in [0.25, 0.3) is 0 Å². The Bertz CT molecular complexity index is 473. The van der Waals surface area contributed by atoms with Gasteiger partial charge < -0.3 is 15.7 Å². The molecule has 0 aliphatic heterocycles. The van der Waals surface area contributed by atoms with Crippen LogP contribution in [0.15, 0.2) is 6.07 Å². The van der Waals surface area contributed by atoms with Crippen molar-refractivity contribution in [2.24, 2.45) is 5.41 Å². The summed E-state index contributed by atoms with van der Waals surface area (Å²) < 4.78 is 0. The molecule has 0 saturated heterocycles. The van der Waals surface area contributed by atoms with Crippen LogP contribution in [0.5, 0.6) is 0 Å². The maximum absolute atomic E-state index is 9.82. The van der Waals surface area contributed by atoms with E-state index in [0.717, 1.165) is 30.4 Å². The lowest BCUT2D eigenvalue weighted by molar-refractivity contribution is -0.0511. The Labute approximate surface area is 121 Å². The van der Waals surface area contributed by atoms with Gasteiger partial charge in [0.2, 0.25) is 0 Å². The van der Waals surface area contributed by atoms with Gasteiger partial charge >= 0.3 is 0 Å². The van der Waals surface area contributed by atoms with Crippen LogP contribution in [0.3, 0.4) is 0 Å². The molecule has 3 N–H and O–H groups in total. The van der Waals surface area contributed by atoms with Crippen molar-refractivity contribution in [3.8, 4) is 0 Å². The third-order valence-electron chi connectivity index (χ3n) is 4.16. The van der Waals surface area contributed by atoms with Gasteiger partial charge in [0, 0.05) is 30.0 Å². The predicted octanol–water partition coefficient (Wildman–Crippen LogP) is 2.60. The largest absolute Gasteiger partial charge is 0.392 e. The smallest absolute Gasteiger partial charge is 0.135 e. The van der Waals surface area contributed by atoms with Gasteiger partial charge in [0.15, 0.2) is 0 Å². The lowest BCUT2D eigenvalue weighted by Gasteiger charge is -2.49. The Morgan fingerprint density at radius 1 is 1.35 bits per heavy atom. The fourth-order valence-corrected chi connectivity index (χ4v) is 2.40. The van der Waals surface area contributed by atoms with Gasteiger partial charge in [-0.2, -0.15) is 0 Å². The predicted molar refractivity (Wildman–Crippen MR) is 82.1 cm³/mol. The molecule has 2 unspecified atom stereocenters. The maximum Gasteiger partial charge on any atom is 0.135 e. The molecule has 1 aliphatic rings. The minimum Gasteiger partial charge on any atom is -0.392 e. The van der Waals surface area contributed by atoms with Gasteiger partial charge in [0.25, 0.3) is 0 Å². The molecule has 20 heavy (non-hydrogen) atoms. The summed E-state index contributed by atoms with van der Waals surface area (Å²) in [5.74, 6) is 2.81. The van der Waals surface area contributed by atoms with Gasteiger partial charge in [-0.05, 0) is 13.3 Å². The second-order valence-electron chi connectivity index (χ2n) is 6.45. The minimum absolute atomic E-state index is 0.110. The molecular weight excluding hydrogens is 252 g/mol. The number of aliphatic hydroxyl groups excluding tert-OH is 1. The number of nitrogens with one attached hydrogen (secondary N) is 2. The summed E-state index contributed by atoms with van der Waals surface area (Å²) in [6, 6.07) is 2.19. The van der Waals surface area contributed by atoms with Gasteiger partial charge in [-0.1, -0.05) is 27.7 Å². The highest BCUT2D eigenvalue weighted by molar-refractivity contribution is 5.49. The number of aliphatic hydroxyl groups is 1. The zero-order valence-electron chi connectivity index (χ0n) is 13.1. The van der Waals surface area contributed by atoms with Crippen molar-refractivity contribution in [3.05, 3.63) is 11.9 Å². The molecular formula is C15H26N4O. The maximum atomic E-state index is 9.82. The van der Waals surface area contributed by atoms with Gasteiger partial charge in [-0.25, -0.2) is 9.97 Å². The lowest BCUT2D eigenvalue weighted by atomic mass is 9.64. The van der Waals surface area contributed by atoms with Crippen molar-refractivity contribution in [1.29, 1.82) is 0 Å². The van der Waals surface area contributed by atoms with E-state index in [4.69, 9.17) is 0 Å². The summed E-state index contributed by atoms with van der Waals surface area (Å²) >= 11 is 0. The van der Waals surface area contributed by atoms with Crippen molar-refractivity contribution < 1.29 is 5.11 Å². The lowest BCUT2D eigenvalue weighted by Crippen LogP contribution is -2.57. The van der Waals surface area contributed by atoms with Crippen molar-refractivity contribution in [1.82, 2.24) is 9.97 Å². The summed E-state index contributed by atoms with van der Waals surface area (Å²) in [5, 5.41) is 16.5. The van der Waals surface area contributed by atoms with E-state index < -0.39 is 0 Å². The zero-order chi connectivity index (χ0) is 14.9. The van der Waals surface area contributed by atoms with Gasteiger partial charge in [0.1, 0.15) is 17.5 Å². The van der Waals surface area contributed by atoms with Crippen LogP contribution >= 0.6 is 0 Å². The number of nitrogens with zero attached hydrogens (tertiary/aromatic N) is 2. The summed E-state index contributed by atoms with van der Waals surface area (Å²) in [5.41, 5.74) is -0.110. The van der Waals surface area contributed by atoms with E-state index >= 15 is 0 Å². The first kappa shape index (κ1) is 15.0. The number of rotatable bonds is 5. The molecule has 0 aromatic carbocycles. The van der Waals surface area contributed by atoms with Crippen LogP contribution in [-0.2, 0) is 0 Å². The Morgan fingerprint density at radius 3 is 2.50 bits per heavy atom. The quantitative estimate of drug-likeness (QED) is 0.772. The van der Waals surface area contributed by atoms with Crippen molar-refractivity contribution in [3.63, 3.8) is 0 Å². The van der Waals surface area contributed by atoms with E-state index in [9.17, 15) is 5.11 Å². The van der Waals surface area contributed by atoms with Gasteiger partial charge in [0.05, 0.1) is 6.10 Å². The van der Waals surface area contributed by atoms with E-state index in [2.05, 4.69) is 55.2 Å². The van der Waals surface area contributed by atoms with Gasteiger partial charge in [-0.3, -0.25) is 0 Å². The highest BCUT2D eigenvalue weighted by Gasteiger charge is 2.47. The first-order chi connectivity index (χ1) is 9.34. The third kappa shape index (κ3) is 2.87. The molecule has 1 aliphatic carbocycles. The van der Waals surface area contributed by atoms with Crippen LogP contribution in [0.2, 0.25) is 0 Å². The molecule has 0 spiro atoms. The molecule has 2 rings (SSSR count). The molecule has 2 atom stereocenters. The van der Waals surface area contributed by atoms with Crippen LogP contribution in [0.4, 0.5) is 11.6 Å². The molecule has 0 radical (unpaired) electrons. The minimum atomic E-state index is -0.236. The number of anilines is 2. The molecule has 0 amide bonds.